The van der Waals surface area contributed by atoms with Crippen molar-refractivity contribution >= 4 is 23.1 Å². The number of carbonyl (C=O) groups excluding carboxylic acids is 4. The minimum absolute atomic E-state index is 0.00690. The summed E-state index contributed by atoms with van der Waals surface area (Å²) in [6, 6.07) is 12.4. The quantitative estimate of drug-likeness (QED) is 0.254. The van der Waals surface area contributed by atoms with Crippen LogP contribution in [0.3, 0.4) is 0 Å². The SMILES string of the molecule is CCCC(CC1CC(=O)c2c(C)ccc(-c3ccc(C(C)C(=O)CC)cc3)c2C1)C(CC)C(=O)CC(C)=O. The standard InChI is InChI=1S/C34H44O4/c1-7-10-27(28(8-2)32(37)17-22(5)35)18-24-19-30-29(16-11-21(4)34(30)33(38)20-24)26-14-12-25(13-15-26)23(6)31(36)9-3/h11-16,23-24,27-28H,7-10,17-20H2,1-6H3. The number of fused-ring (bicyclic) bond motifs is 1. The Morgan fingerprint density at radius 3 is 2.21 bits per heavy atom. The van der Waals surface area contributed by atoms with Crippen LogP contribution in [-0.2, 0) is 20.8 Å². The summed E-state index contributed by atoms with van der Waals surface area (Å²) < 4.78 is 0. The van der Waals surface area contributed by atoms with Gasteiger partial charge in [-0.1, -0.05) is 76.9 Å². The van der Waals surface area contributed by atoms with E-state index in [1.807, 2.05) is 45.9 Å². The normalized spacial score (nSPS) is 17.4. The first-order valence-electron chi connectivity index (χ1n) is 14.4. The van der Waals surface area contributed by atoms with E-state index in [4.69, 9.17) is 0 Å². The largest absolute Gasteiger partial charge is 0.300 e. The average Bonchev–Trinajstić information content (AvgIpc) is 2.88. The second-order valence-corrected chi connectivity index (χ2v) is 11.3. The summed E-state index contributed by atoms with van der Waals surface area (Å²) in [7, 11) is 0. The first kappa shape index (κ1) is 29.7. The lowest BCUT2D eigenvalue weighted by molar-refractivity contribution is -0.130. The van der Waals surface area contributed by atoms with Crippen LogP contribution in [-0.4, -0.2) is 23.1 Å². The summed E-state index contributed by atoms with van der Waals surface area (Å²) >= 11 is 0. The van der Waals surface area contributed by atoms with Crippen LogP contribution >= 0.6 is 0 Å². The first-order chi connectivity index (χ1) is 18.1. The first-order valence-corrected chi connectivity index (χ1v) is 14.4. The molecule has 4 heteroatoms. The second-order valence-electron chi connectivity index (χ2n) is 11.3. The molecule has 3 rings (SSSR count). The van der Waals surface area contributed by atoms with E-state index in [-0.39, 0.29) is 53.2 Å². The number of hydrogen-bond acceptors (Lipinski definition) is 4. The molecule has 0 N–H and O–H groups in total. The highest BCUT2D eigenvalue weighted by molar-refractivity contribution is 6.02. The van der Waals surface area contributed by atoms with Crippen molar-refractivity contribution in [1.82, 2.24) is 0 Å². The molecule has 0 spiro atoms. The van der Waals surface area contributed by atoms with Gasteiger partial charge in [0.15, 0.2) is 5.78 Å². The third-order valence-electron chi connectivity index (χ3n) is 8.46. The van der Waals surface area contributed by atoms with Gasteiger partial charge in [-0.3, -0.25) is 19.2 Å². The molecule has 4 atom stereocenters. The summed E-state index contributed by atoms with van der Waals surface area (Å²) in [6.45, 7) is 11.5. The van der Waals surface area contributed by atoms with Crippen molar-refractivity contribution in [3.63, 3.8) is 0 Å². The Balaban J connectivity index is 1.92. The molecule has 0 saturated carbocycles. The van der Waals surface area contributed by atoms with E-state index in [9.17, 15) is 19.2 Å². The van der Waals surface area contributed by atoms with Crippen molar-refractivity contribution < 1.29 is 19.2 Å². The maximum atomic E-state index is 13.5. The third-order valence-corrected chi connectivity index (χ3v) is 8.46. The smallest absolute Gasteiger partial charge is 0.163 e. The van der Waals surface area contributed by atoms with Crippen molar-refractivity contribution in [2.75, 3.05) is 0 Å². The van der Waals surface area contributed by atoms with Gasteiger partial charge in [0.05, 0.1) is 6.42 Å². The molecular weight excluding hydrogens is 472 g/mol. The molecule has 0 aliphatic heterocycles. The van der Waals surface area contributed by atoms with Crippen LogP contribution in [0.2, 0.25) is 0 Å². The molecule has 4 nitrogen and oxygen atoms in total. The van der Waals surface area contributed by atoms with E-state index in [1.54, 1.807) is 0 Å². The Morgan fingerprint density at radius 2 is 1.63 bits per heavy atom. The molecule has 0 saturated heterocycles. The van der Waals surface area contributed by atoms with Crippen LogP contribution in [0.15, 0.2) is 36.4 Å². The minimum atomic E-state index is -0.132. The molecule has 204 valence electrons. The lowest BCUT2D eigenvalue weighted by Crippen LogP contribution is -2.30. The highest BCUT2D eigenvalue weighted by Gasteiger charge is 2.34. The molecule has 0 radical (unpaired) electrons. The third kappa shape index (κ3) is 6.76. The molecule has 0 fully saturated rings. The van der Waals surface area contributed by atoms with Crippen LogP contribution in [0.5, 0.6) is 0 Å². The molecule has 1 aliphatic carbocycles. The molecular formula is C34H44O4. The van der Waals surface area contributed by atoms with Gasteiger partial charge in [-0.25, -0.2) is 0 Å². The summed E-state index contributed by atoms with van der Waals surface area (Å²) in [6.07, 6.45) is 5.29. The van der Waals surface area contributed by atoms with E-state index < -0.39 is 0 Å². The molecule has 0 heterocycles. The van der Waals surface area contributed by atoms with Gasteiger partial charge in [0.1, 0.15) is 17.3 Å². The highest BCUT2D eigenvalue weighted by atomic mass is 16.1. The topological polar surface area (TPSA) is 68.3 Å². The fraction of sp³-hybridized carbons (Fsp3) is 0.529. The number of carbonyl (C=O) groups is 4. The van der Waals surface area contributed by atoms with Crippen molar-refractivity contribution in [2.45, 2.75) is 98.8 Å². The summed E-state index contributed by atoms with van der Waals surface area (Å²) in [5, 5.41) is 0. The Bertz CT molecular complexity index is 1170. The van der Waals surface area contributed by atoms with E-state index in [2.05, 4.69) is 25.1 Å². The minimum Gasteiger partial charge on any atom is -0.300 e. The molecule has 2 aromatic rings. The number of benzene rings is 2. The Kier molecular flexibility index (Phi) is 10.4. The van der Waals surface area contributed by atoms with Crippen LogP contribution in [0.1, 0.15) is 113 Å². The molecule has 38 heavy (non-hydrogen) atoms. The van der Waals surface area contributed by atoms with Gasteiger partial charge in [-0.2, -0.15) is 0 Å². The van der Waals surface area contributed by atoms with E-state index in [1.165, 1.54) is 6.92 Å². The van der Waals surface area contributed by atoms with Gasteiger partial charge in [0.25, 0.3) is 0 Å². The van der Waals surface area contributed by atoms with Gasteiger partial charge < -0.3 is 0 Å². The number of hydrogen-bond donors (Lipinski definition) is 0. The maximum Gasteiger partial charge on any atom is 0.163 e. The monoisotopic (exact) mass is 516 g/mol. The van der Waals surface area contributed by atoms with Crippen LogP contribution in [0.4, 0.5) is 0 Å². The average molecular weight is 517 g/mol. The van der Waals surface area contributed by atoms with Crippen LogP contribution in [0.25, 0.3) is 11.1 Å². The molecule has 0 amide bonds. The van der Waals surface area contributed by atoms with Gasteiger partial charge in [-0.15, -0.1) is 0 Å². The lowest BCUT2D eigenvalue weighted by Gasteiger charge is -2.32. The maximum absolute atomic E-state index is 13.5. The number of Topliss-reactive ketones (excluding diaryl/α,β-unsaturated/α-hetero) is 4. The van der Waals surface area contributed by atoms with E-state index >= 15 is 0 Å². The zero-order chi connectivity index (χ0) is 28.0. The molecule has 2 aromatic carbocycles. The summed E-state index contributed by atoms with van der Waals surface area (Å²) in [4.78, 5) is 50.2. The Morgan fingerprint density at radius 1 is 0.947 bits per heavy atom. The number of aryl methyl sites for hydroxylation is 1. The van der Waals surface area contributed by atoms with Gasteiger partial charge in [0.2, 0.25) is 0 Å². The lowest BCUT2D eigenvalue weighted by atomic mass is 9.71. The Hall–Kier alpha value is -2.88. The van der Waals surface area contributed by atoms with E-state index in [0.29, 0.717) is 12.8 Å². The van der Waals surface area contributed by atoms with Crippen molar-refractivity contribution in [3.8, 4) is 11.1 Å². The fourth-order valence-corrected chi connectivity index (χ4v) is 6.45. The predicted octanol–water partition coefficient (Wildman–Crippen LogP) is 7.87. The van der Waals surface area contributed by atoms with Crippen LogP contribution in [0, 0.1) is 24.7 Å². The summed E-state index contributed by atoms with van der Waals surface area (Å²) in [5.41, 5.74) is 6.12. The van der Waals surface area contributed by atoms with Gasteiger partial charge >= 0.3 is 0 Å². The van der Waals surface area contributed by atoms with Crippen molar-refractivity contribution in [3.05, 3.63) is 58.7 Å². The zero-order valence-corrected chi connectivity index (χ0v) is 24.1. The zero-order valence-electron chi connectivity index (χ0n) is 24.1. The van der Waals surface area contributed by atoms with Gasteiger partial charge in [-0.05, 0) is 72.8 Å². The molecule has 0 bridgehead atoms. The highest BCUT2D eigenvalue weighted by Crippen LogP contribution is 2.40. The molecule has 1 aliphatic rings. The fourth-order valence-electron chi connectivity index (χ4n) is 6.45. The number of ketones is 4. The molecule has 4 unspecified atom stereocenters. The van der Waals surface area contributed by atoms with Gasteiger partial charge in [0, 0.05) is 30.2 Å². The molecule has 0 aromatic heterocycles. The second kappa shape index (κ2) is 13.3. The predicted molar refractivity (Wildman–Crippen MR) is 154 cm³/mol. The Labute approximate surface area is 228 Å². The van der Waals surface area contributed by atoms with Crippen LogP contribution < -0.4 is 0 Å². The van der Waals surface area contributed by atoms with Crippen molar-refractivity contribution in [1.29, 1.82) is 0 Å². The van der Waals surface area contributed by atoms with Crippen molar-refractivity contribution in [2.24, 2.45) is 17.8 Å². The number of rotatable bonds is 13. The summed E-state index contributed by atoms with van der Waals surface area (Å²) in [5.74, 6) is 0.486. The van der Waals surface area contributed by atoms with E-state index in [0.717, 1.165) is 65.5 Å².